The van der Waals surface area contributed by atoms with Gasteiger partial charge in [0.05, 0.1) is 18.7 Å². The first kappa shape index (κ1) is 20.8. The maximum absolute atomic E-state index is 13.6. The minimum absolute atomic E-state index is 0.00733. The molecule has 33 heavy (non-hydrogen) atoms. The molecule has 1 amide bonds. The number of ketones is 1. The fraction of sp³-hybridized carbons (Fsp3) is 0.0800. The van der Waals surface area contributed by atoms with E-state index in [0.29, 0.717) is 33.0 Å². The van der Waals surface area contributed by atoms with Gasteiger partial charge >= 0.3 is 0 Å². The molecule has 1 N–H and O–H groups in total. The number of furan rings is 1. The van der Waals surface area contributed by atoms with Gasteiger partial charge in [-0.2, -0.15) is 0 Å². The molecule has 1 aliphatic heterocycles. The molecule has 4 aromatic rings. The fourth-order valence-corrected chi connectivity index (χ4v) is 4.14. The van der Waals surface area contributed by atoms with Crippen molar-refractivity contribution in [3.05, 3.63) is 101 Å². The smallest absolute Gasteiger partial charge is 0.294 e. The highest BCUT2D eigenvalue weighted by Crippen LogP contribution is 2.42. The number of ether oxygens (including phenoxy) is 1. The summed E-state index contributed by atoms with van der Waals surface area (Å²) in [6.07, 6.45) is 3.14. The van der Waals surface area contributed by atoms with E-state index >= 15 is 0 Å². The molecule has 0 saturated carbocycles. The molecule has 3 heterocycles. The Bertz CT molecular complexity index is 1410. The van der Waals surface area contributed by atoms with Gasteiger partial charge < -0.3 is 14.3 Å². The molecule has 8 heteroatoms. The summed E-state index contributed by atoms with van der Waals surface area (Å²) < 4.78 is 10.9. The summed E-state index contributed by atoms with van der Waals surface area (Å²) >= 11 is 6.05. The minimum atomic E-state index is -0.899. The predicted molar refractivity (Wildman–Crippen MR) is 123 cm³/mol. The first-order valence-electron chi connectivity index (χ1n) is 10.0. The summed E-state index contributed by atoms with van der Waals surface area (Å²) in [5.74, 6) is -1.33. The van der Waals surface area contributed by atoms with Gasteiger partial charge in [-0.15, -0.1) is 0 Å². The average molecular weight is 461 g/mol. The van der Waals surface area contributed by atoms with Crippen LogP contribution in [-0.2, 0) is 4.79 Å². The highest BCUT2D eigenvalue weighted by Gasteiger charge is 2.45. The predicted octanol–water partition coefficient (Wildman–Crippen LogP) is 5.27. The number of pyridine rings is 1. The van der Waals surface area contributed by atoms with Crippen LogP contribution < -0.4 is 9.64 Å². The normalized spacial score (nSPS) is 16.0. The molecule has 0 spiro atoms. The maximum atomic E-state index is 13.6. The molecule has 0 aliphatic carbocycles. The van der Waals surface area contributed by atoms with Crippen LogP contribution in [0.5, 0.6) is 5.75 Å². The van der Waals surface area contributed by atoms with Gasteiger partial charge in [-0.3, -0.25) is 19.5 Å². The third-order valence-corrected chi connectivity index (χ3v) is 5.74. The van der Waals surface area contributed by atoms with Crippen LogP contribution in [0.15, 0.2) is 88.8 Å². The molecular weight excluding hydrogens is 444 g/mol. The van der Waals surface area contributed by atoms with E-state index in [1.165, 1.54) is 4.90 Å². The van der Waals surface area contributed by atoms with Crippen molar-refractivity contribution in [2.75, 3.05) is 12.0 Å². The lowest BCUT2D eigenvalue weighted by atomic mass is 9.96. The Morgan fingerprint density at radius 2 is 1.94 bits per heavy atom. The number of aliphatic hydroxyl groups is 1. The number of amides is 1. The molecule has 0 radical (unpaired) electrons. The van der Waals surface area contributed by atoms with E-state index in [2.05, 4.69) is 4.98 Å². The molecule has 0 bridgehead atoms. The number of benzene rings is 2. The Labute approximate surface area is 193 Å². The Kier molecular flexibility index (Phi) is 5.11. The second-order valence-electron chi connectivity index (χ2n) is 7.45. The van der Waals surface area contributed by atoms with Crippen molar-refractivity contribution in [1.29, 1.82) is 0 Å². The van der Waals surface area contributed by atoms with E-state index < -0.39 is 23.5 Å². The van der Waals surface area contributed by atoms with Gasteiger partial charge in [0.1, 0.15) is 11.3 Å². The number of carbonyl (C=O) groups excluding carboxylic acids is 2. The first-order chi connectivity index (χ1) is 16.0. The number of rotatable bonds is 5. The minimum Gasteiger partial charge on any atom is -0.503 e. The van der Waals surface area contributed by atoms with Crippen LogP contribution in [0.3, 0.4) is 0 Å². The number of fused-ring (bicyclic) bond motifs is 1. The van der Waals surface area contributed by atoms with Gasteiger partial charge in [0, 0.05) is 28.5 Å². The number of carbonyl (C=O) groups is 2. The summed E-state index contributed by atoms with van der Waals surface area (Å²) in [7, 11) is 1.54. The average Bonchev–Trinajstić information content (AvgIpc) is 3.38. The number of halogens is 1. The molecule has 5 rings (SSSR count). The van der Waals surface area contributed by atoms with Crippen molar-refractivity contribution in [3.63, 3.8) is 0 Å². The largest absolute Gasteiger partial charge is 0.503 e. The third kappa shape index (κ3) is 3.52. The van der Waals surface area contributed by atoms with Crippen molar-refractivity contribution in [3.8, 4) is 5.75 Å². The second kappa shape index (κ2) is 8.11. The molecule has 2 aromatic carbocycles. The van der Waals surface area contributed by atoms with Gasteiger partial charge in [-0.1, -0.05) is 17.7 Å². The lowest BCUT2D eigenvalue weighted by molar-refractivity contribution is -0.117. The van der Waals surface area contributed by atoms with Crippen molar-refractivity contribution in [1.82, 2.24) is 4.98 Å². The van der Waals surface area contributed by atoms with E-state index in [4.69, 9.17) is 20.8 Å². The summed E-state index contributed by atoms with van der Waals surface area (Å²) in [5.41, 5.74) is 1.43. The van der Waals surface area contributed by atoms with Crippen molar-refractivity contribution >= 4 is 39.9 Å². The third-order valence-electron chi connectivity index (χ3n) is 5.51. The summed E-state index contributed by atoms with van der Waals surface area (Å²) in [4.78, 5) is 32.2. The van der Waals surface area contributed by atoms with Gasteiger partial charge in [0.2, 0.25) is 5.78 Å². The Morgan fingerprint density at radius 1 is 1.15 bits per heavy atom. The van der Waals surface area contributed by atoms with Gasteiger partial charge in [0.25, 0.3) is 5.91 Å². The molecule has 1 atom stereocenters. The zero-order valence-electron chi connectivity index (χ0n) is 17.4. The number of methoxy groups -OCH3 is 1. The van der Waals surface area contributed by atoms with Crippen LogP contribution in [0.2, 0.25) is 5.02 Å². The number of hydrogen-bond acceptors (Lipinski definition) is 6. The second-order valence-corrected chi connectivity index (χ2v) is 7.88. The number of hydrogen-bond donors (Lipinski definition) is 1. The molecular formula is C25H17ClN2O5. The Hall–Kier alpha value is -4.10. The number of Topliss-reactive ketones (excluding diaryl/α,β-unsaturated/α-hetero) is 1. The van der Waals surface area contributed by atoms with Gasteiger partial charge in [-0.05, 0) is 60.2 Å². The molecule has 2 aromatic heterocycles. The van der Waals surface area contributed by atoms with Crippen LogP contribution >= 0.6 is 11.6 Å². The number of aromatic nitrogens is 1. The molecule has 164 valence electrons. The fourth-order valence-electron chi connectivity index (χ4n) is 3.96. The lowest BCUT2D eigenvalue weighted by Gasteiger charge is -2.26. The van der Waals surface area contributed by atoms with Crippen LogP contribution in [0, 0.1) is 0 Å². The van der Waals surface area contributed by atoms with Gasteiger partial charge in [-0.25, -0.2) is 0 Å². The van der Waals surface area contributed by atoms with Crippen LogP contribution in [-0.4, -0.2) is 28.9 Å². The van der Waals surface area contributed by atoms with E-state index in [1.54, 1.807) is 80.2 Å². The summed E-state index contributed by atoms with van der Waals surface area (Å²) in [5, 5.41) is 12.0. The van der Waals surface area contributed by atoms with Crippen LogP contribution in [0.4, 0.5) is 5.69 Å². The molecule has 7 nitrogen and oxygen atoms in total. The van der Waals surface area contributed by atoms with E-state index in [9.17, 15) is 14.7 Å². The number of aliphatic hydroxyl groups excluding tert-OH is 1. The van der Waals surface area contributed by atoms with Crippen molar-refractivity contribution in [2.45, 2.75) is 6.04 Å². The van der Waals surface area contributed by atoms with Gasteiger partial charge in [0.15, 0.2) is 11.5 Å². The van der Waals surface area contributed by atoms with Crippen molar-refractivity contribution in [2.24, 2.45) is 0 Å². The number of nitrogens with zero attached hydrogens (tertiary/aromatic N) is 2. The number of anilines is 1. The maximum Gasteiger partial charge on any atom is 0.294 e. The molecule has 0 fully saturated rings. The van der Waals surface area contributed by atoms with Crippen LogP contribution in [0.1, 0.15) is 22.2 Å². The first-order valence-corrected chi connectivity index (χ1v) is 10.4. The lowest BCUT2D eigenvalue weighted by Crippen LogP contribution is -2.31. The topological polar surface area (TPSA) is 92.9 Å². The SMILES string of the molecule is COc1ccc(N2C(=O)C(O)=C(C(=O)c3cc4cc(Cl)ccc4o3)C2c2cccnc2)cc1. The highest BCUT2D eigenvalue weighted by molar-refractivity contribution is 6.31. The van der Waals surface area contributed by atoms with Crippen molar-refractivity contribution < 1.29 is 23.8 Å². The standard InChI is InChI=1S/C25H17ClN2O5/c1-32-18-7-5-17(6-8-18)28-22(14-3-2-10-27-13-14)21(24(30)25(28)31)23(29)20-12-15-11-16(26)4-9-19(15)33-20/h2-13,22,30H,1H3. The summed E-state index contributed by atoms with van der Waals surface area (Å²) in [6.45, 7) is 0. The molecule has 1 unspecified atom stereocenters. The monoisotopic (exact) mass is 460 g/mol. The van der Waals surface area contributed by atoms with Crippen LogP contribution in [0.25, 0.3) is 11.0 Å². The zero-order chi connectivity index (χ0) is 23.1. The highest BCUT2D eigenvalue weighted by atomic mass is 35.5. The van der Waals surface area contributed by atoms with E-state index in [1.807, 2.05) is 0 Å². The van der Waals surface area contributed by atoms with E-state index in [-0.39, 0.29) is 11.3 Å². The zero-order valence-corrected chi connectivity index (χ0v) is 18.1. The molecule has 0 saturated heterocycles. The quantitative estimate of drug-likeness (QED) is 0.408. The molecule has 1 aliphatic rings. The Morgan fingerprint density at radius 3 is 2.64 bits per heavy atom. The summed E-state index contributed by atoms with van der Waals surface area (Å²) in [6, 6.07) is 15.8. The Balaban J connectivity index is 1.63. The van der Waals surface area contributed by atoms with E-state index in [0.717, 1.165) is 0 Å².